The molecule has 0 radical (unpaired) electrons. The second-order valence-corrected chi connectivity index (χ2v) is 6.15. The van der Waals surface area contributed by atoms with Gasteiger partial charge in [-0.2, -0.15) is 13.2 Å². The molecule has 1 atom stereocenters. The first-order chi connectivity index (χ1) is 9.43. The number of ether oxygens (including phenoxy) is 1. The topological polar surface area (TPSA) is 29.5 Å². The first-order valence-electron chi connectivity index (χ1n) is 6.94. The quantitative estimate of drug-likeness (QED) is 0.711. The van der Waals surface area contributed by atoms with Crippen molar-refractivity contribution in [3.63, 3.8) is 0 Å². The number of hydrogen-bond acceptors (Lipinski definition) is 2. The fourth-order valence-electron chi connectivity index (χ4n) is 2.97. The molecule has 1 saturated heterocycles. The van der Waals surface area contributed by atoms with E-state index in [1.165, 1.54) is 0 Å². The Kier molecular flexibility index (Phi) is 5.34. The fourth-order valence-corrected chi connectivity index (χ4v) is 3.51. The Morgan fingerprint density at radius 3 is 2.45 bits per heavy atom. The summed E-state index contributed by atoms with van der Waals surface area (Å²) in [6.45, 7) is 1.54. The van der Waals surface area contributed by atoms with E-state index in [1.54, 1.807) is 4.90 Å². The summed E-state index contributed by atoms with van der Waals surface area (Å²) < 4.78 is 43.2. The van der Waals surface area contributed by atoms with Gasteiger partial charge in [-0.25, -0.2) is 0 Å². The van der Waals surface area contributed by atoms with Crippen LogP contribution in [0.5, 0.6) is 0 Å². The van der Waals surface area contributed by atoms with Crippen LogP contribution in [0.15, 0.2) is 0 Å². The van der Waals surface area contributed by atoms with E-state index in [9.17, 15) is 18.0 Å². The van der Waals surface area contributed by atoms with Crippen LogP contribution in [0.25, 0.3) is 0 Å². The van der Waals surface area contributed by atoms with Crippen LogP contribution in [-0.2, 0) is 9.53 Å². The minimum Gasteiger partial charge on any atom is -0.377 e. The molecule has 1 aliphatic heterocycles. The lowest BCUT2D eigenvalue weighted by molar-refractivity contribution is -0.186. The van der Waals surface area contributed by atoms with Crippen LogP contribution in [0.3, 0.4) is 0 Å². The number of carbonyl (C=O) groups is 1. The molecule has 1 unspecified atom stereocenters. The molecule has 2 fully saturated rings. The molecule has 1 aliphatic carbocycles. The van der Waals surface area contributed by atoms with Crippen LogP contribution in [0.2, 0.25) is 0 Å². The van der Waals surface area contributed by atoms with Gasteiger partial charge in [-0.3, -0.25) is 4.79 Å². The van der Waals surface area contributed by atoms with E-state index in [-0.39, 0.29) is 30.7 Å². The molecule has 2 aliphatic rings. The zero-order valence-corrected chi connectivity index (χ0v) is 12.8. The van der Waals surface area contributed by atoms with E-state index < -0.39 is 12.1 Å². The maximum absolute atomic E-state index is 12.6. The van der Waals surface area contributed by atoms with Gasteiger partial charge in [-0.05, 0) is 25.7 Å². The van der Waals surface area contributed by atoms with Crippen LogP contribution < -0.4 is 0 Å². The van der Waals surface area contributed by atoms with E-state index >= 15 is 0 Å². The van der Waals surface area contributed by atoms with Crippen LogP contribution in [0, 0.1) is 11.8 Å². The molecular formula is C13H19BrF3NO2. The number of morpholine rings is 1. The summed E-state index contributed by atoms with van der Waals surface area (Å²) in [6.07, 6.45) is -3.29. The third kappa shape index (κ3) is 3.67. The van der Waals surface area contributed by atoms with Crippen molar-refractivity contribution in [2.45, 2.75) is 37.9 Å². The molecule has 0 aromatic rings. The Balaban J connectivity index is 1.91. The molecule has 3 nitrogen and oxygen atoms in total. The van der Waals surface area contributed by atoms with Gasteiger partial charge in [0.05, 0.1) is 25.2 Å². The van der Waals surface area contributed by atoms with Gasteiger partial charge in [-0.1, -0.05) is 15.9 Å². The molecule has 2 rings (SSSR count). The molecule has 0 aromatic carbocycles. The van der Waals surface area contributed by atoms with Crippen LogP contribution in [0.1, 0.15) is 25.7 Å². The molecule has 0 aromatic heterocycles. The van der Waals surface area contributed by atoms with E-state index in [4.69, 9.17) is 4.74 Å². The smallest absolute Gasteiger partial charge is 0.377 e. The average molecular weight is 358 g/mol. The summed E-state index contributed by atoms with van der Waals surface area (Å²) >= 11 is 3.36. The molecule has 20 heavy (non-hydrogen) atoms. The summed E-state index contributed by atoms with van der Waals surface area (Å²) in [7, 11) is 0. The van der Waals surface area contributed by atoms with E-state index in [2.05, 4.69) is 15.9 Å². The van der Waals surface area contributed by atoms with Crippen LogP contribution in [-0.4, -0.2) is 48.1 Å². The third-order valence-corrected chi connectivity index (χ3v) is 4.98. The summed E-state index contributed by atoms with van der Waals surface area (Å²) in [4.78, 5) is 14.2. The lowest BCUT2D eigenvalue weighted by atomic mass is 9.81. The molecule has 1 amide bonds. The number of amides is 1. The van der Waals surface area contributed by atoms with Gasteiger partial charge < -0.3 is 9.64 Å². The third-order valence-electron chi connectivity index (χ3n) is 4.23. The Hall–Kier alpha value is -0.300. The highest BCUT2D eigenvalue weighted by molar-refractivity contribution is 9.09. The van der Waals surface area contributed by atoms with E-state index in [1.807, 2.05) is 0 Å². The lowest BCUT2D eigenvalue weighted by Gasteiger charge is -2.38. The molecule has 1 saturated carbocycles. The van der Waals surface area contributed by atoms with Crippen molar-refractivity contribution in [1.82, 2.24) is 4.90 Å². The molecule has 0 bridgehead atoms. The van der Waals surface area contributed by atoms with Gasteiger partial charge in [0.2, 0.25) is 5.91 Å². The van der Waals surface area contributed by atoms with E-state index in [0.29, 0.717) is 37.9 Å². The molecule has 7 heteroatoms. The fraction of sp³-hybridized carbons (Fsp3) is 0.923. The number of hydrogen-bond donors (Lipinski definition) is 0. The van der Waals surface area contributed by atoms with Gasteiger partial charge in [0.15, 0.2) is 0 Å². The van der Waals surface area contributed by atoms with Gasteiger partial charge in [0.25, 0.3) is 0 Å². The maximum atomic E-state index is 12.6. The highest BCUT2D eigenvalue weighted by Gasteiger charge is 2.43. The minimum atomic E-state index is -4.12. The van der Waals surface area contributed by atoms with Gasteiger partial charge >= 0.3 is 6.18 Å². The van der Waals surface area contributed by atoms with Crippen LogP contribution in [0.4, 0.5) is 13.2 Å². The van der Waals surface area contributed by atoms with Gasteiger partial charge in [0.1, 0.15) is 0 Å². The molecular weight excluding hydrogens is 339 g/mol. The Labute approximate surface area is 125 Å². The summed E-state index contributed by atoms with van der Waals surface area (Å²) in [5, 5.41) is 0.636. The van der Waals surface area contributed by atoms with Crippen molar-refractivity contribution in [2.24, 2.45) is 11.8 Å². The largest absolute Gasteiger partial charge is 0.391 e. The SMILES string of the molecule is O=C(C1CCC(C(F)(F)F)CC1)N1CCOCC1CBr. The predicted octanol–water partition coefficient (Wildman–Crippen LogP) is 2.98. The Morgan fingerprint density at radius 2 is 1.90 bits per heavy atom. The molecule has 1 heterocycles. The maximum Gasteiger partial charge on any atom is 0.391 e. The zero-order valence-electron chi connectivity index (χ0n) is 11.2. The Morgan fingerprint density at radius 1 is 1.25 bits per heavy atom. The predicted molar refractivity (Wildman–Crippen MR) is 71.6 cm³/mol. The summed E-state index contributed by atoms with van der Waals surface area (Å²) in [5.41, 5.74) is 0. The van der Waals surface area contributed by atoms with Crippen molar-refractivity contribution < 1.29 is 22.7 Å². The molecule has 0 spiro atoms. The van der Waals surface area contributed by atoms with Crippen molar-refractivity contribution in [2.75, 3.05) is 25.1 Å². The summed E-state index contributed by atoms with van der Waals surface area (Å²) in [6, 6.07) is -0.00316. The first kappa shape index (κ1) is 16.1. The average Bonchev–Trinajstić information content (AvgIpc) is 2.45. The second-order valence-electron chi connectivity index (χ2n) is 5.50. The van der Waals surface area contributed by atoms with Crippen molar-refractivity contribution in [3.05, 3.63) is 0 Å². The minimum absolute atomic E-state index is 0.00151. The standard InChI is InChI=1S/C13H19BrF3NO2/c14-7-11-8-20-6-5-18(11)12(19)9-1-3-10(4-2-9)13(15,16)17/h9-11H,1-8H2. The highest BCUT2D eigenvalue weighted by Crippen LogP contribution is 2.40. The number of halogens is 4. The van der Waals surface area contributed by atoms with Crippen molar-refractivity contribution in [3.8, 4) is 0 Å². The monoisotopic (exact) mass is 357 g/mol. The van der Waals surface area contributed by atoms with Gasteiger partial charge in [-0.15, -0.1) is 0 Å². The normalized spacial score (nSPS) is 32.2. The number of carbonyl (C=O) groups excluding carboxylic acids is 1. The van der Waals surface area contributed by atoms with Crippen molar-refractivity contribution >= 4 is 21.8 Å². The highest BCUT2D eigenvalue weighted by atomic mass is 79.9. The molecule has 116 valence electrons. The number of rotatable bonds is 2. The zero-order chi connectivity index (χ0) is 14.8. The lowest BCUT2D eigenvalue weighted by Crippen LogP contribution is -2.52. The van der Waals surface area contributed by atoms with Crippen molar-refractivity contribution in [1.29, 1.82) is 0 Å². The summed E-state index contributed by atoms with van der Waals surface area (Å²) in [5.74, 6) is -1.49. The number of nitrogens with zero attached hydrogens (tertiary/aromatic N) is 1. The number of alkyl halides is 4. The molecule has 0 N–H and O–H groups in total. The van der Waals surface area contributed by atoms with E-state index in [0.717, 1.165) is 0 Å². The second kappa shape index (κ2) is 6.64. The van der Waals surface area contributed by atoms with Gasteiger partial charge in [0, 0.05) is 17.8 Å². The first-order valence-corrected chi connectivity index (χ1v) is 8.06. The van der Waals surface area contributed by atoms with Crippen LogP contribution >= 0.6 is 15.9 Å². The Bertz CT molecular complexity index is 343.